The summed E-state index contributed by atoms with van der Waals surface area (Å²) in [6.07, 6.45) is 1.96. The predicted octanol–water partition coefficient (Wildman–Crippen LogP) is -3.87. The van der Waals surface area contributed by atoms with E-state index >= 15 is 0 Å². The number of nitrogens with two attached hydrogens (primary N) is 8. The van der Waals surface area contributed by atoms with Gasteiger partial charge in [-0.05, 0) is 89.2 Å². The molecule has 1 unspecified atom stereocenters. The van der Waals surface area contributed by atoms with Crippen molar-refractivity contribution in [2.75, 3.05) is 19.6 Å². The van der Waals surface area contributed by atoms with E-state index in [1.54, 1.807) is 31.2 Å². The third-order valence-corrected chi connectivity index (χ3v) is 11.4. The Morgan fingerprint density at radius 3 is 1.42 bits per heavy atom. The number of unbranched alkanes of at least 4 members (excludes halogenated alkanes) is 1. The van der Waals surface area contributed by atoms with Gasteiger partial charge in [-0.25, -0.2) is 0 Å². The zero-order valence-corrected chi connectivity index (χ0v) is 42.2. The van der Waals surface area contributed by atoms with E-state index < -0.39 is 108 Å². The molecule has 0 spiro atoms. The van der Waals surface area contributed by atoms with Gasteiger partial charge in [-0.2, -0.15) is 0 Å². The van der Waals surface area contributed by atoms with E-state index in [1.165, 1.54) is 13.8 Å². The van der Waals surface area contributed by atoms with Gasteiger partial charge in [-0.1, -0.05) is 64.4 Å². The molecule has 0 bridgehead atoms. The Kier molecular flexibility index (Phi) is 29.1. The first-order chi connectivity index (χ1) is 33.4. The van der Waals surface area contributed by atoms with Gasteiger partial charge in [0.2, 0.25) is 47.3 Å². The number of amides is 8. The van der Waals surface area contributed by atoms with Crippen LogP contribution in [0.2, 0.25) is 0 Å². The Bertz CT molecular complexity index is 1930. The average Bonchev–Trinajstić information content (AvgIpc) is 3.30. The van der Waals surface area contributed by atoms with Crippen LogP contribution in [-0.2, 0) is 44.8 Å². The number of primary amides is 1. The Hall–Kier alpha value is -6.60. The number of nitrogens with one attached hydrogen (secondary N) is 7. The molecule has 71 heavy (non-hydrogen) atoms. The predicted molar refractivity (Wildman–Crippen MR) is 272 cm³/mol. The van der Waals surface area contributed by atoms with E-state index in [1.807, 2.05) is 26.8 Å². The van der Waals surface area contributed by atoms with Crippen molar-refractivity contribution in [3.63, 3.8) is 0 Å². The molecule has 23 N–H and O–H groups in total. The number of rotatable bonds is 34. The number of hydrogen-bond acceptors (Lipinski definition) is 13. The van der Waals surface area contributed by atoms with Crippen molar-refractivity contribution in [2.24, 2.45) is 67.7 Å². The molecule has 0 heterocycles. The fraction of sp³-hybridized carbons (Fsp3) is 0.652. The topological polar surface area (TPSA) is 454 Å². The van der Waals surface area contributed by atoms with Gasteiger partial charge < -0.3 is 83.1 Å². The van der Waals surface area contributed by atoms with Crippen LogP contribution in [0.15, 0.2) is 40.3 Å². The van der Waals surface area contributed by atoms with Crippen molar-refractivity contribution in [1.82, 2.24) is 37.2 Å². The van der Waals surface area contributed by atoms with Gasteiger partial charge in [0.1, 0.15) is 42.3 Å². The molecule has 0 aliphatic rings. The molecule has 25 nitrogen and oxygen atoms in total. The monoisotopic (exact) mass is 1000 g/mol. The number of nitrogens with zero attached hydrogens (tertiary/aromatic N) is 2. The molecule has 1 aromatic carbocycles. The summed E-state index contributed by atoms with van der Waals surface area (Å²) >= 11 is 0. The van der Waals surface area contributed by atoms with Gasteiger partial charge in [-0.15, -0.1) is 0 Å². The zero-order chi connectivity index (χ0) is 53.8. The van der Waals surface area contributed by atoms with Crippen LogP contribution in [0.25, 0.3) is 0 Å². The molecule has 0 saturated heterocycles. The van der Waals surface area contributed by atoms with Crippen LogP contribution in [0.3, 0.4) is 0 Å². The van der Waals surface area contributed by atoms with Crippen molar-refractivity contribution in [2.45, 2.75) is 160 Å². The van der Waals surface area contributed by atoms with Crippen LogP contribution in [-0.4, -0.2) is 133 Å². The first kappa shape index (κ1) is 62.4. The standard InChI is InChI=1S/C46H83N17O8/c1-7-26(4)36(44(71)61-33(37(50)64)24-29-15-9-8-10-16-29)63-42(69)34(23-25(2)3)62-41(68)32(19-14-22-56-46(53)54)60-40(67)31(18-13-21-55-45(51)52)59-39(66)30(17-11-12-20-47)58-38(65)28(6)57-43(70)35(49)27(5)48/h8-10,15-16,25-28,30-36H,7,11-14,17-24,47-49H2,1-6H3,(H2,50,64)(H,57,70)(H,58,65)(H,59,66)(H,60,67)(H,61,71)(H,62,68)(H,63,69)(H4,51,52,55)(H4,53,54,56)/t26-,27?,28-,30-,31-,32-,33-,34-,35-,36-/m0/s1. The second-order valence-corrected chi connectivity index (χ2v) is 18.2. The fourth-order valence-corrected chi connectivity index (χ4v) is 7.03. The minimum Gasteiger partial charge on any atom is -0.370 e. The molecule has 8 amide bonds. The lowest BCUT2D eigenvalue weighted by molar-refractivity contribution is -0.136. The van der Waals surface area contributed by atoms with Crippen LogP contribution in [0.1, 0.15) is 105 Å². The lowest BCUT2D eigenvalue weighted by atomic mass is 9.95. The van der Waals surface area contributed by atoms with Crippen molar-refractivity contribution in [3.05, 3.63) is 35.9 Å². The smallest absolute Gasteiger partial charge is 0.243 e. The zero-order valence-electron chi connectivity index (χ0n) is 42.2. The molecule has 0 aliphatic heterocycles. The van der Waals surface area contributed by atoms with Crippen molar-refractivity contribution < 1.29 is 38.4 Å². The normalized spacial score (nSPS) is 15.3. The van der Waals surface area contributed by atoms with E-state index in [2.05, 4.69) is 47.2 Å². The van der Waals surface area contributed by atoms with Crippen LogP contribution in [0.4, 0.5) is 0 Å². The summed E-state index contributed by atoms with van der Waals surface area (Å²) in [6, 6.07) is -1.27. The minimum absolute atomic E-state index is 0.0405. The van der Waals surface area contributed by atoms with Gasteiger partial charge >= 0.3 is 0 Å². The van der Waals surface area contributed by atoms with Gasteiger partial charge in [0.15, 0.2) is 11.9 Å². The maximum atomic E-state index is 14.3. The van der Waals surface area contributed by atoms with Crippen molar-refractivity contribution in [1.29, 1.82) is 0 Å². The summed E-state index contributed by atoms with van der Waals surface area (Å²) in [5.41, 5.74) is 45.8. The molecule has 1 aromatic rings. The Morgan fingerprint density at radius 2 is 0.986 bits per heavy atom. The maximum absolute atomic E-state index is 14.3. The molecular formula is C46H83N17O8. The second-order valence-electron chi connectivity index (χ2n) is 18.2. The third-order valence-electron chi connectivity index (χ3n) is 11.4. The van der Waals surface area contributed by atoms with Crippen LogP contribution in [0.5, 0.6) is 0 Å². The fourth-order valence-electron chi connectivity index (χ4n) is 7.03. The molecule has 0 fully saturated rings. The van der Waals surface area contributed by atoms with Crippen LogP contribution >= 0.6 is 0 Å². The number of hydrogen-bond donors (Lipinski definition) is 15. The molecule has 0 saturated carbocycles. The first-order valence-electron chi connectivity index (χ1n) is 24.2. The summed E-state index contributed by atoms with van der Waals surface area (Å²) in [4.78, 5) is 117. The summed E-state index contributed by atoms with van der Waals surface area (Å²) in [6.45, 7) is 10.6. The molecule has 0 aromatic heterocycles. The Balaban J connectivity index is 3.55. The highest BCUT2D eigenvalue weighted by Gasteiger charge is 2.35. The van der Waals surface area contributed by atoms with Gasteiger partial charge in [0.25, 0.3) is 0 Å². The van der Waals surface area contributed by atoms with Gasteiger partial charge in [-0.3, -0.25) is 48.3 Å². The van der Waals surface area contributed by atoms with Crippen LogP contribution in [0, 0.1) is 11.8 Å². The lowest BCUT2D eigenvalue weighted by Gasteiger charge is -2.29. The molecular weight excluding hydrogens is 919 g/mol. The minimum atomic E-state index is -1.33. The van der Waals surface area contributed by atoms with E-state index in [9.17, 15) is 38.4 Å². The molecule has 25 heteroatoms. The molecule has 0 aliphatic carbocycles. The Labute approximate surface area is 417 Å². The number of carbonyl (C=O) groups excluding carboxylic acids is 8. The summed E-state index contributed by atoms with van der Waals surface area (Å²) < 4.78 is 0. The number of guanidine groups is 2. The van der Waals surface area contributed by atoms with E-state index in [4.69, 9.17) is 45.9 Å². The summed E-state index contributed by atoms with van der Waals surface area (Å²) in [5.74, 6) is -6.83. The van der Waals surface area contributed by atoms with E-state index in [-0.39, 0.29) is 75.9 Å². The maximum Gasteiger partial charge on any atom is 0.243 e. The first-order valence-corrected chi connectivity index (χ1v) is 24.2. The van der Waals surface area contributed by atoms with Crippen molar-refractivity contribution in [3.8, 4) is 0 Å². The Morgan fingerprint density at radius 1 is 0.535 bits per heavy atom. The number of aliphatic imine (C=N–C) groups is 2. The highest BCUT2D eigenvalue weighted by Crippen LogP contribution is 2.14. The third kappa shape index (κ3) is 24.7. The molecule has 0 radical (unpaired) electrons. The highest BCUT2D eigenvalue weighted by atomic mass is 16.2. The quantitative estimate of drug-likeness (QED) is 0.0179. The van der Waals surface area contributed by atoms with Gasteiger partial charge in [0.05, 0.1) is 6.04 Å². The highest BCUT2D eigenvalue weighted by molar-refractivity contribution is 5.97. The molecule has 10 atom stereocenters. The molecule has 1 rings (SSSR count). The van der Waals surface area contributed by atoms with E-state index in [0.717, 1.165) is 5.56 Å². The van der Waals surface area contributed by atoms with E-state index in [0.29, 0.717) is 25.8 Å². The number of benzene rings is 1. The second kappa shape index (κ2) is 33.1. The average molecular weight is 1000 g/mol. The summed E-state index contributed by atoms with van der Waals surface area (Å²) in [5, 5.41) is 18.7. The largest absolute Gasteiger partial charge is 0.370 e. The lowest BCUT2D eigenvalue weighted by Crippen LogP contribution is -2.61. The SMILES string of the molecule is CC[C@H](C)[C@H](NC(=O)[C@H](CC(C)C)NC(=O)[C@H](CCCN=C(N)N)NC(=O)[C@H](CCCN=C(N)N)NC(=O)[C@H](CCCCN)NC(=O)[C@H](C)NC(=O)[C@@H](N)C(C)N)C(=O)N[C@@H](Cc1ccccc1)C(N)=O. The van der Waals surface area contributed by atoms with Crippen LogP contribution < -0.4 is 83.1 Å². The molecule has 400 valence electrons. The van der Waals surface area contributed by atoms with Crippen molar-refractivity contribution >= 4 is 59.2 Å². The van der Waals surface area contributed by atoms with Gasteiger partial charge in [0, 0.05) is 25.6 Å². The summed E-state index contributed by atoms with van der Waals surface area (Å²) in [7, 11) is 0. The number of carbonyl (C=O) groups is 8.